The van der Waals surface area contributed by atoms with Crippen LogP contribution in [0, 0.1) is 11.8 Å². The van der Waals surface area contributed by atoms with Crippen molar-refractivity contribution < 1.29 is 14.4 Å². The first-order valence-corrected chi connectivity index (χ1v) is 9.58. The molecule has 0 bridgehead atoms. The zero-order valence-corrected chi connectivity index (χ0v) is 15.1. The third-order valence-electron chi connectivity index (χ3n) is 5.78. The predicted molar refractivity (Wildman–Crippen MR) is 93.7 cm³/mol. The fraction of sp³-hybridized carbons (Fsp3) is 0.833. The molecule has 25 heavy (non-hydrogen) atoms. The molecule has 7 heteroatoms. The Hall–Kier alpha value is -1.63. The quantitative estimate of drug-likeness (QED) is 0.746. The number of carbonyl (C=O) groups is 3. The van der Waals surface area contributed by atoms with Gasteiger partial charge in [0.05, 0.1) is 6.04 Å². The van der Waals surface area contributed by atoms with Gasteiger partial charge in [0.1, 0.15) is 0 Å². The minimum atomic E-state index is -0.167. The third-order valence-corrected chi connectivity index (χ3v) is 5.78. The van der Waals surface area contributed by atoms with Crippen LogP contribution in [0.5, 0.6) is 0 Å². The van der Waals surface area contributed by atoms with Gasteiger partial charge in [-0.05, 0) is 44.6 Å². The molecule has 0 aliphatic carbocycles. The summed E-state index contributed by atoms with van der Waals surface area (Å²) in [6.45, 7) is 3.68. The van der Waals surface area contributed by atoms with Gasteiger partial charge in [-0.2, -0.15) is 0 Å². The van der Waals surface area contributed by atoms with E-state index in [4.69, 9.17) is 0 Å². The normalized spacial score (nSPS) is 30.4. The summed E-state index contributed by atoms with van der Waals surface area (Å²) in [5.41, 5.74) is 0. The highest BCUT2D eigenvalue weighted by molar-refractivity contribution is 5.87. The zero-order chi connectivity index (χ0) is 17.8. The molecule has 0 spiro atoms. The number of nitrogens with one attached hydrogen (secondary N) is 2. The van der Waals surface area contributed by atoms with Gasteiger partial charge in [-0.3, -0.25) is 14.4 Å². The molecule has 3 rings (SSSR count). The van der Waals surface area contributed by atoms with Crippen LogP contribution in [0.2, 0.25) is 0 Å². The highest BCUT2D eigenvalue weighted by Gasteiger charge is 2.33. The standard InChI is InChI=1S/C18H30N4O3/c1-21-9-6-14(10-16(21)23)18(25)22-8-3-4-13(12-22)11-20-17(24)15-5-2-7-19-15/h13-15,19H,2-12H2,1H3,(H,20,24). The summed E-state index contributed by atoms with van der Waals surface area (Å²) < 4.78 is 0. The molecule has 140 valence electrons. The average molecular weight is 350 g/mol. The number of carbonyl (C=O) groups excluding carboxylic acids is 3. The predicted octanol–water partition coefficient (Wildman–Crippen LogP) is -0.0384. The Morgan fingerprint density at radius 1 is 1.20 bits per heavy atom. The van der Waals surface area contributed by atoms with Gasteiger partial charge in [0.25, 0.3) is 0 Å². The van der Waals surface area contributed by atoms with Gasteiger partial charge in [0, 0.05) is 45.6 Å². The van der Waals surface area contributed by atoms with Crippen LogP contribution < -0.4 is 10.6 Å². The summed E-state index contributed by atoms with van der Waals surface area (Å²) in [5, 5.41) is 6.26. The summed E-state index contributed by atoms with van der Waals surface area (Å²) in [6, 6.07) is -0.0495. The van der Waals surface area contributed by atoms with Crippen molar-refractivity contribution >= 4 is 17.7 Å². The Kier molecular flexibility index (Phi) is 5.93. The Bertz CT molecular complexity index is 518. The largest absolute Gasteiger partial charge is 0.354 e. The molecule has 3 fully saturated rings. The van der Waals surface area contributed by atoms with Crippen molar-refractivity contribution in [2.24, 2.45) is 11.8 Å². The fourth-order valence-corrected chi connectivity index (χ4v) is 4.12. The summed E-state index contributed by atoms with van der Waals surface area (Å²) in [6.07, 6.45) is 5.06. The summed E-state index contributed by atoms with van der Waals surface area (Å²) in [4.78, 5) is 40.4. The number of nitrogens with zero attached hydrogens (tertiary/aromatic N) is 2. The van der Waals surface area contributed by atoms with Gasteiger partial charge in [-0.1, -0.05) is 0 Å². The average Bonchev–Trinajstić information content (AvgIpc) is 3.16. The van der Waals surface area contributed by atoms with E-state index in [9.17, 15) is 14.4 Å². The van der Waals surface area contributed by atoms with Gasteiger partial charge in [0.2, 0.25) is 17.7 Å². The van der Waals surface area contributed by atoms with E-state index in [1.54, 1.807) is 11.9 Å². The molecule has 0 aromatic carbocycles. The molecule has 3 atom stereocenters. The first-order valence-electron chi connectivity index (χ1n) is 9.58. The molecular weight excluding hydrogens is 320 g/mol. The number of hydrogen-bond acceptors (Lipinski definition) is 4. The van der Waals surface area contributed by atoms with Crippen molar-refractivity contribution in [1.82, 2.24) is 20.4 Å². The molecule has 0 radical (unpaired) electrons. The zero-order valence-electron chi connectivity index (χ0n) is 15.1. The second-order valence-corrected chi connectivity index (χ2v) is 7.69. The minimum absolute atomic E-state index is 0.0495. The van der Waals surface area contributed by atoms with Crippen LogP contribution in [0.15, 0.2) is 0 Å². The van der Waals surface area contributed by atoms with E-state index < -0.39 is 0 Å². The monoisotopic (exact) mass is 350 g/mol. The van der Waals surface area contributed by atoms with Crippen LogP contribution in [0.4, 0.5) is 0 Å². The van der Waals surface area contributed by atoms with E-state index in [1.165, 1.54) is 0 Å². The maximum Gasteiger partial charge on any atom is 0.237 e. The van der Waals surface area contributed by atoms with Gasteiger partial charge < -0.3 is 20.4 Å². The second-order valence-electron chi connectivity index (χ2n) is 7.69. The van der Waals surface area contributed by atoms with Gasteiger partial charge in [0.15, 0.2) is 0 Å². The topological polar surface area (TPSA) is 81.8 Å². The lowest BCUT2D eigenvalue weighted by atomic mass is 9.92. The highest BCUT2D eigenvalue weighted by atomic mass is 16.2. The first kappa shape index (κ1) is 18.2. The number of piperidine rings is 2. The lowest BCUT2D eigenvalue weighted by Gasteiger charge is -2.37. The van der Waals surface area contributed by atoms with Crippen LogP contribution in [0.25, 0.3) is 0 Å². The van der Waals surface area contributed by atoms with Crippen molar-refractivity contribution in [3.8, 4) is 0 Å². The Balaban J connectivity index is 1.46. The van der Waals surface area contributed by atoms with E-state index in [2.05, 4.69) is 10.6 Å². The molecule has 3 heterocycles. The molecule has 0 aromatic heterocycles. The van der Waals surface area contributed by atoms with E-state index in [1.807, 2.05) is 4.90 Å². The molecule has 3 aliphatic heterocycles. The maximum atomic E-state index is 12.8. The summed E-state index contributed by atoms with van der Waals surface area (Å²) in [7, 11) is 1.79. The lowest BCUT2D eigenvalue weighted by Crippen LogP contribution is -2.49. The molecular formula is C18H30N4O3. The van der Waals surface area contributed by atoms with Crippen molar-refractivity contribution in [2.75, 3.05) is 39.8 Å². The van der Waals surface area contributed by atoms with Crippen LogP contribution in [0.1, 0.15) is 38.5 Å². The van der Waals surface area contributed by atoms with Crippen molar-refractivity contribution in [3.05, 3.63) is 0 Å². The molecule has 3 saturated heterocycles. The number of hydrogen-bond donors (Lipinski definition) is 2. The minimum Gasteiger partial charge on any atom is -0.354 e. The van der Waals surface area contributed by atoms with Gasteiger partial charge in [-0.15, -0.1) is 0 Å². The number of rotatable bonds is 4. The SMILES string of the molecule is CN1CCC(C(=O)N2CCCC(CNC(=O)C3CCCN3)C2)CC1=O. The molecule has 0 aromatic rings. The summed E-state index contributed by atoms with van der Waals surface area (Å²) in [5.74, 6) is 0.413. The number of amides is 3. The van der Waals surface area contributed by atoms with Gasteiger partial charge in [-0.25, -0.2) is 0 Å². The second kappa shape index (κ2) is 8.17. The van der Waals surface area contributed by atoms with Crippen molar-refractivity contribution in [1.29, 1.82) is 0 Å². The molecule has 3 amide bonds. The molecule has 7 nitrogen and oxygen atoms in total. The van der Waals surface area contributed by atoms with E-state index in [-0.39, 0.29) is 29.7 Å². The van der Waals surface area contributed by atoms with Crippen LogP contribution in [-0.4, -0.2) is 73.3 Å². The van der Waals surface area contributed by atoms with Crippen molar-refractivity contribution in [3.63, 3.8) is 0 Å². The number of likely N-dealkylation sites (tertiary alicyclic amines) is 2. The smallest absolute Gasteiger partial charge is 0.237 e. The van der Waals surface area contributed by atoms with E-state index in [0.29, 0.717) is 32.0 Å². The Morgan fingerprint density at radius 3 is 2.76 bits per heavy atom. The Labute approximate surface area is 149 Å². The van der Waals surface area contributed by atoms with E-state index in [0.717, 1.165) is 45.2 Å². The van der Waals surface area contributed by atoms with E-state index >= 15 is 0 Å². The summed E-state index contributed by atoms with van der Waals surface area (Å²) >= 11 is 0. The first-order chi connectivity index (χ1) is 12.0. The molecule has 2 N–H and O–H groups in total. The fourth-order valence-electron chi connectivity index (χ4n) is 4.12. The molecule has 0 saturated carbocycles. The van der Waals surface area contributed by atoms with Crippen molar-refractivity contribution in [2.45, 2.75) is 44.6 Å². The Morgan fingerprint density at radius 2 is 2.04 bits per heavy atom. The van der Waals surface area contributed by atoms with Crippen LogP contribution in [-0.2, 0) is 14.4 Å². The lowest BCUT2D eigenvalue weighted by molar-refractivity contribution is -0.145. The molecule has 3 unspecified atom stereocenters. The van der Waals surface area contributed by atoms with Crippen LogP contribution in [0.3, 0.4) is 0 Å². The highest BCUT2D eigenvalue weighted by Crippen LogP contribution is 2.23. The van der Waals surface area contributed by atoms with Crippen LogP contribution >= 0.6 is 0 Å². The third kappa shape index (κ3) is 4.51. The maximum absolute atomic E-state index is 12.8. The molecule has 3 aliphatic rings. The van der Waals surface area contributed by atoms with Gasteiger partial charge >= 0.3 is 0 Å².